The molecule has 124 valence electrons. The Balaban J connectivity index is 1.63. The largest absolute Gasteiger partial charge is 0.304 e. The summed E-state index contributed by atoms with van der Waals surface area (Å²) in [5, 5.41) is 11.7. The Kier molecular flexibility index (Phi) is 4.97. The molecule has 1 aliphatic rings. The maximum absolute atomic E-state index is 12.3. The van der Waals surface area contributed by atoms with Gasteiger partial charge >= 0.3 is 0 Å². The van der Waals surface area contributed by atoms with Crippen LogP contribution >= 0.6 is 22.7 Å². The molecule has 5 nitrogen and oxygen atoms in total. The molecule has 24 heavy (non-hydrogen) atoms. The highest BCUT2D eigenvalue weighted by Gasteiger charge is 2.20. The standard InChI is InChI=1S/C17H18N4OS2/c1-10-3-4-14-12(5-10)6-15(24-14)16(22)21-19-8-13(7-18)17-20-11(2)9-23-17/h6,8-10,19H,3-5H2,1-2H3,(H,21,22)/b13-8+/t10-/m0/s1. The number of hydrazine groups is 1. The third-order valence-electron chi connectivity index (χ3n) is 3.93. The lowest BCUT2D eigenvalue weighted by atomic mass is 9.90. The van der Waals surface area contributed by atoms with Gasteiger partial charge in [-0.2, -0.15) is 5.26 Å². The molecule has 0 saturated heterocycles. The molecule has 1 atom stereocenters. The molecule has 0 saturated carbocycles. The van der Waals surface area contributed by atoms with Crippen LogP contribution in [0.4, 0.5) is 0 Å². The molecule has 0 spiro atoms. The number of aromatic nitrogens is 1. The molecule has 2 aromatic rings. The summed E-state index contributed by atoms with van der Waals surface area (Å²) >= 11 is 2.96. The maximum atomic E-state index is 12.3. The van der Waals surface area contributed by atoms with Crippen LogP contribution in [0.5, 0.6) is 0 Å². The van der Waals surface area contributed by atoms with E-state index in [9.17, 15) is 10.1 Å². The van der Waals surface area contributed by atoms with E-state index in [0.717, 1.165) is 18.5 Å². The van der Waals surface area contributed by atoms with E-state index in [2.05, 4.69) is 28.8 Å². The number of fused-ring (bicyclic) bond motifs is 1. The molecular weight excluding hydrogens is 340 g/mol. The molecule has 2 N–H and O–H groups in total. The summed E-state index contributed by atoms with van der Waals surface area (Å²) in [6.45, 7) is 4.13. The van der Waals surface area contributed by atoms with Gasteiger partial charge in [0.1, 0.15) is 16.6 Å². The van der Waals surface area contributed by atoms with Gasteiger partial charge in [0.05, 0.1) is 4.88 Å². The lowest BCUT2D eigenvalue weighted by Gasteiger charge is -2.16. The van der Waals surface area contributed by atoms with Crippen LogP contribution in [0.2, 0.25) is 0 Å². The molecule has 0 unspecified atom stereocenters. The van der Waals surface area contributed by atoms with Gasteiger partial charge in [0.2, 0.25) is 0 Å². The highest BCUT2D eigenvalue weighted by atomic mass is 32.1. The molecule has 0 radical (unpaired) electrons. The molecule has 7 heteroatoms. The highest BCUT2D eigenvalue weighted by molar-refractivity contribution is 7.14. The predicted molar refractivity (Wildman–Crippen MR) is 96.6 cm³/mol. The first-order valence-electron chi connectivity index (χ1n) is 7.77. The zero-order valence-electron chi connectivity index (χ0n) is 13.5. The molecule has 1 amide bonds. The Morgan fingerprint density at radius 1 is 1.54 bits per heavy atom. The summed E-state index contributed by atoms with van der Waals surface area (Å²) < 4.78 is 0. The second-order valence-corrected chi connectivity index (χ2v) is 7.96. The first kappa shape index (κ1) is 16.7. The number of nitrogens with one attached hydrogen (secondary N) is 2. The summed E-state index contributed by atoms with van der Waals surface area (Å²) in [5.41, 5.74) is 7.92. The number of hydrogen-bond acceptors (Lipinski definition) is 6. The fraction of sp³-hybridized carbons (Fsp3) is 0.353. The van der Waals surface area contributed by atoms with Gasteiger partial charge in [0.25, 0.3) is 5.91 Å². The van der Waals surface area contributed by atoms with E-state index >= 15 is 0 Å². The number of thiazole rings is 1. The lowest BCUT2D eigenvalue weighted by Crippen LogP contribution is -2.33. The number of carbonyl (C=O) groups excluding carboxylic acids is 1. The van der Waals surface area contributed by atoms with Crippen LogP contribution < -0.4 is 10.9 Å². The van der Waals surface area contributed by atoms with Crippen molar-refractivity contribution in [3.63, 3.8) is 0 Å². The minimum atomic E-state index is -0.175. The minimum absolute atomic E-state index is 0.175. The Bertz CT molecular complexity index is 828. The van der Waals surface area contributed by atoms with Gasteiger partial charge in [0.15, 0.2) is 0 Å². The van der Waals surface area contributed by atoms with E-state index in [4.69, 9.17) is 0 Å². The number of amides is 1. The lowest BCUT2D eigenvalue weighted by molar-refractivity contribution is 0.0945. The van der Waals surface area contributed by atoms with Crippen LogP contribution in [0.1, 0.15) is 44.2 Å². The second-order valence-electron chi connectivity index (χ2n) is 5.97. The summed E-state index contributed by atoms with van der Waals surface area (Å²) in [6, 6.07) is 4.08. The number of nitrogens with zero attached hydrogens (tertiary/aromatic N) is 2. The molecule has 0 fully saturated rings. The predicted octanol–water partition coefficient (Wildman–Crippen LogP) is 3.44. The second kappa shape index (κ2) is 7.16. The first-order valence-corrected chi connectivity index (χ1v) is 9.46. The van der Waals surface area contributed by atoms with Crippen LogP contribution in [0, 0.1) is 24.2 Å². The number of rotatable bonds is 4. The summed E-state index contributed by atoms with van der Waals surface area (Å²) in [7, 11) is 0. The van der Waals surface area contributed by atoms with Gasteiger partial charge in [-0.1, -0.05) is 6.92 Å². The highest BCUT2D eigenvalue weighted by Crippen LogP contribution is 2.32. The van der Waals surface area contributed by atoms with Crippen molar-refractivity contribution < 1.29 is 4.79 Å². The average molecular weight is 358 g/mol. The molecule has 0 aliphatic heterocycles. The van der Waals surface area contributed by atoms with E-state index in [1.165, 1.54) is 34.4 Å². The van der Waals surface area contributed by atoms with Gasteiger partial charge in [-0.3, -0.25) is 10.2 Å². The fourth-order valence-electron chi connectivity index (χ4n) is 2.67. The summed E-state index contributed by atoms with van der Waals surface area (Å²) in [6.07, 6.45) is 4.78. The topological polar surface area (TPSA) is 77.8 Å². The van der Waals surface area contributed by atoms with Crippen molar-refractivity contribution in [1.82, 2.24) is 15.8 Å². The minimum Gasteiger partial charge on any atom is -0.304 e. The Morgan fingerprint density at radius 2 is 2.38 bits per heavy atom. The van der Waals surface area contributed by atoms with Crippen molar-refractivity contribution in [1.29, 1.82) is 5.26 Å². The molecule has 1 aliphatic carbocycles. The molecule has 0 aromatic carbocycles. The fourth-order valence-corrected chi connectivity index (χ4v) is 4.54. The van der Waals surface area contributed by atoms with Crippen molar-refractivity contribution in [3.8, 4) is 6.07 Å². The van der Waals surface area contributed by atoms with Crippen molar-refractivity contribution in [2.45, 2.75) is 33.1 Å². The molecule has 2 aromatic heterocycles. The molecule has 2 heterocycles. The number of carbonyl (C=O) groups is 1. The van der Waals surface area contributed by atoms with E-state index in [-0.39, 0.29) is 5.91 Å². The number of thiophene rings is 1. The van der Waals surface area contributed by atoms with Crippen molar-refractivity contribution in [3.05, 3.63) is 43.7 Å². The smallest absolute Gasteiger partial charge is 0.279 e. The maximum Gasteiger partial charge on any atom is 0.279 e. The Labute approximate surface area is 149 Å². The Hall–Kier alpha value is -2.17. The van der Waals surface area contributed by atoms with Gasteiger partial charge in [0, 0.05) is 22.2 Å². The molecule has 3 rings (SSSR count). The Morgan fingerprint density at radius 3 is 3.08 bits per heavy atom. The number of hydrogen-bond donors (Lipinski definition) is 2. The van der Waals surface area contributed by atoms with Crippen molar-refractivity contribution in [2.24, 2.45) is 5.92 Å². The van der Waals surface area contributed by atoms with E-state index in [1.54, 1.807) is 11.3 Å². The zero-order chi connectivity index (χ0) is 17.1. The summed E-state index contributed by atoms with van der Waals surface area (Å²) in [4.78, 5) is 18.6. The van der Waals surface area contributed by atoms with Crippen molar-refractivity contribution >= 4 is 34.2 Å². The van der Waals surface area contributed by atoms with Crippen molar-refractivity contribution in [2.75, 3.05) is 0 Å². The molecule has 0 bridgehead atoms. The molecular formula is C17H18N4OS2. The van der Waals surface area contributed by atoms with E-state index in [0.29, 0.717) is 21.4 Å². The van der Waals surface area contributed by atoms with E-state index < -0.39 is 0 Å². The third kappa shape index (κ3) is 3.66. The zero-order valence-corrected chi connectivity index (χ0v) is 15.2. The van der Waals surface area contributed by atoms with Crippen LogP contribution in [-0.2, 0) is 12.8 Å². The van der Waals surface area contributed by atoms with Crippen LogP contribution in [0.25, 0.3) is 5.57 Å². The normalized spacial score (nSPS) is 17.0. The van der Waals surface area contributed by atoms with Crippen LogP contribution in [0.3, 0.4) is 0 Å². The monoisotopic (exact) mass is 358 g/mol. The van der Waals surface area contributed by atoms with Gasteiger partial charge < -0.3 is 5.43 Å². The third-order valence-corrected chi connectivity index (χ3v) is 6.15. The average Bonchev–Trinajstić information content (AvgIpc) is 3.17. The van der Waals surface area contributed by atoms with Gasteiger partial charge in [-0.15, -0.1) is 22.7 Å². The number of nitriles is 1. The quantitative estimate of drug-likeness (QED) is 0.648. The number of allylic oxidation sites excluding steroid dienone is 1. The summed E-state index contributed by atoms with van der Waals surface area (Å²) in [5.74, 6) is 0.509. The number of aryl methyl sites for hydroxylation is 2. The van der Waals surface area contributed by atoms with Gasteiger partial charge in [-0.05, 0) is 43.7 Å². The van der Waals surface area contributed by atoms with Gasteiger partial charge in [-0.25, -0.2) is 4.98 Å². The SMILES string of the molecule is Cc1csc(/C(C#N)=C/NNC(=O)c2cc3c(s2)CC[C@H](C)C3)n1. The van der Waals surface area contributed by atoms with E-state index in [1.807, 2.05) is 18.4 Å². The first-order chi connectivity index (χ1) is 11.6. The van der Waals surface area contributed by atoms with Crippen LogP contribution in [0.15, 0.2) is 17.6 Å². The van der Waals surface area contributed by atoms with Crippen LogP contribution in [-0.4, -0.2) is 10.9 Å².